The Labute approximate surface area is 150 Å². The predicted octanol–water partition coefficient (Wildman–Crippen LogP) is 3.48. The molecule has 0 aliphatic rings. The van der Waals surface area contributed by atoms with E-state index in [9.17, 15) is 4.79 Å². The maximum atomic E-state index is 12.0. The van der Waals surface area contributed by atoms with Crippen LogP contribution in [0.5, 0.6) is 0 Å². The first-order valence-electron chi connectivity index (χ1n) is 8.09. The molecule has 1 N–H and O–H groups in total. The molecule has 25 heavy (non-hydrogen) atoms. The number of aromatic nitrogens is 4. The zero-order valence-electron chi connectivity index (χ0n) is 13.9. The normalized spacial score (nSPS) is 10.6. The summed E-state index contributed by atoms with van der Waals surface area (Å²) in [5.41, 5.74) is 1.75. The van der Waals surface area contributed by atoms with Gasteiger partial charge < -0.3 is 9.88 Å². The van der Waals surface area contributed by atoms with Gasteiger partial charge in [0, 0.05) is 42.4 Å². The van der Waals surface area contributed by atoms with Crippen molar-refractivity contribution in [3.05, 3.63) is 54.9 Å². The predicted molar refractivity (Wildman–Crippen MR) is 99.3 cm³/mol. The van der Waals surface area contributed by atoms with Gasteiger partial charge in [0.25, 0.3) is 0 Å². The Morgan fingerprint density at radius 1 is 1.16 bits per heavy atom. The molecule has 0 saturated carbocycles. The van der Waals surface area contributed by atoms with Gasteiger partial charge in [0.05, 0.1) is 0 Å². The van der Waals surface area contributed by atoms with Gasteiger partial charge in [0.15, 0.2) is 11.0 Å². The van der Waals surface area contributed by atoms with Crippen LogP contribution in [0.4, 0.5) is 5.69 Å². The molecule has 1 aromatic carbocycles. The Hall–Kier alpha value is -2.67. The summed E-state index contributed by atoms with van der Waals surface area (Å²) >= 11 is 1.53. The zero-order valence-corrected chi connectivity index (χ0v) is 14.7. The van der Waals surface area contributed by atoms with E-state index in [2.05, 4.69) is 27.4 Å². The summed E-state index contributed by atoms with van der Waals surface area (Å²) in [7, 11) is 0. The van der Waals surface area contributed by atoms with Crippen LogP contribution in [0.2, 0.25) is 0 Å². The van der Waals surface area contributed by atoms with Crippen LogP contribution in [0.1, 0.15) is 13.3 Å². The largest absolute Gasteiger partial charge is 0.326 e. The van der Waals surface area contributed by atoms with Crippen molar-refractivity contribution in [3.63, 3.8) is 0 Å². The van der Waals surface area contributed by atoms with Crippen LogP contribution in [0, 0.1) is 0 Å². The molecule has 2 heterocycles. The number of nitrogens with zero attached hydrogens (tertiary/aromatic N) is 4. The van der Waals surface area contributed by atoms with Crippen LogP contribution in [0.3, 0.4) is 0 Å². The maximum absolute atomic E-state index is 12.0. The second-order valence-electron chi connectivity index (χ2n) is 5.30. The molecule has 0 spiro atoms. The Morgan fingerprint density at radius 2 is 2.00 bits per heavy atom. The molecule has 0 aliphatic carbocycles. The van der Waals surface area contributed by atoms with Crippen molar-refractivity contribution in [2.24, 2.45) is 0 Å². The molecule has 0 saturated heterocycles. The van der Waals surface area contributed by atoms with Gasteiger partial charge in [-0.25, -0.2) is 0 Å². The molecule has 0 radical (unpaired) electrons. The number of carbonyl (C=O) groups excluding carboxylic acids is 1. The van der Waals surface area contributed by atoms with Crippen LogP contribution in [-0.4, -0.2) is 31.4 Å². The fraction of sp³-hybridized carbons (Fsp3) is 0.222. The highest BCUT2D eigenvalue weighted by molar-refractivity contribution is 7.99. The lowest BCUT2D eigenvalue weighted by Crippen LogP contribution is -2.12. The van der Waals surface area contributed by atoms with Crippen molar-refractivity contribution in [1.29, 1.82) is 0 Å². The van der Waals surface area contributed by atoms with Crippen molar-refractivity contribution in [2.75, 3.05) is 11.1 Å². The number of amides is 1. The molecule has 0 aliphatic heterocycles. The van der Waals surface area contributed by atoms with Gasteiger partial charge in [-0.15, -0.1) is 10.2 Å². The fourth-order valence-corrected chi connectivity index (χ4v) is 3.31. The first-order valence-corrected chi connectivity index (χ1v) is 9.07. The third-order valence-corrected chi connectivity index (χ3v) is 4.54. The summed E-state index contributed by atoms with van der Waals surface area (Å²) in [4.78, 5) is 16.1. The van der Waals surface area contributed by atoms with E-state index in [1.807, 2.05) is 47.0 Å². The first kappa shape index (κ1) is 17.2. The molecule has 0 unspecified atom stereocenters. The molecule has 3 aromatic rings. The van der Waals surface area contributed by atoms with Crippen molar-refractivity contribution < 1.29 is 4.79 Å². The van der Waals surface area contributed by atoms with E-state index in [0.29, 0.717) is 12.2 Å². The fourth-order valence-electron chi connectivity index (χ4n) is 2.37. The molecule has 0 bridgehead atoms. The third kappa shape index (κ3) is 4.45. The minimum atomic E-state index is -0.00579. The van der Waals surface area contributed by atoms with Crippen molar-refractivity contribution >= 4 is 23.4 Å². The lowest BCUT2D eigenvalue weighted by atomic mass is 10.3. The van der Waals surface area contributed by atoms with Crippen LogP contribution >= 0.6 is 11.8 Å². The Balaban J connectivity index is 1.58. The summed E-state index contributed by atoms with van der Waals surface area (Å²) in [5, 5.41) is 12.2. The van der Waals surface area contributed by atoms with E-state index in [1.165, 1.54) is 11.8 Å². The second-order valence-corrected chi connectivity index (χ2v) is 6.37. The van der Waals surface area contributed by atoms with Crippen LogP contribution < -0.4 is 5.32 Å². The van der Waals surface area contributed by atoms with E-state index in [1.54, 1.807) is 12.4 Å². The number of pyridine rings is 1. The zero-order chi connectivity index (χ0) is 17.5. The average molecular weight is 353 g/mol. The van der Waals surface area contributed by atoms with E-state index in [4.69, 9.17) is 0 Å². The number of hydrogen-bond acceptors (Lipinski definition) is 5. The Kier molecular flexibility index (Phi) is 5.79. The van der Waals surface area contributed by atoms with Gasteiger partial charge in [0.1, 0.15) is 0 Å². The molecule has 0 fully saturated rings. The minimum absolute atomic E-state index is 0.00579. The van der Waals surface area contributed by atoms with Crippen LogP contribution in [0.15, 0.2) is 60.0 Å². The van der Waals surface area contributed by atoms with Crippen molar-refractivity contribution in [2.45, 2.75) is 25.0 Å². The quantitative estimate of drug-likeness (QED) is 0.658. The van der Waals surface area contributed by atoms with Crippen molar-refractivity contribution in [1.82, 2.24) is 19.7 Å². The number of para-hydroxylation sites is 1. The highest BCUT2D eigenvalue weighted by Gasteiger charge is 2.13. The molecule has 2 aromatic heterocycles. The molecule has 0 atom stereocenters. The highest BCUT2D eigenvalue weighted by Crippen LogP contribution is 2.23. The van der Waals surface area contributed by atoms with Gasteiger partial charge >= 0.3 is 0 Å². The molecule has 7 heteroatoms. The SMILES string of the molecule is CCn1c(SCCC(=O)Nc2ccccc2)nnc1-c1cccnc1. The maximum Gasteiger partial charge on any atom is 0.225 e. The lowest BCUT2D eigenvalue weighted by molar-refractivity contribution is -0.115. The van der Waals surface area contributed by atoms with Gasteiger partial charge in [-0.1, -0.05) is 30.0 Å². The van der Waals surface area contributed by atoms with Gasteiger partial charge in [-0.2, -0.15) is 0 Å². The number of rotatable bonds is 7. The molecule has 128 valence electrons. The topological polar surface area (TPSA) is 72.7 Å². The Bertz CT molecular complexity index is 820. The molecule has 1 amide bonds. The van der Waals surface area contributed by atoms with Gasteiger partial charge in [-0.05, 0) is 31.2 Å². The van der Waals surface area contributed by atoms with E-state index >= 15 is 0 Å². The molecular formula is C18H19N5OS. The van der Waals surface area contributed by atoms with E-state index in [0.717, 1.165) is 28.8 Å². The number of thioether (sulfide) groups is 1. The Morgan fingerprint density at radius 3 is 2.72 bits per heavy atom. The number of carbonyl (C=O) groups is 1. The van der Waals surface area contributed by atoms with E-state index in [-0.39, 0.29) is 5.91 Å². The molecule has 3 rings (SSSR count). The summed E-state index contributed by atoms with van der Waals surface area (Å²) in [6, 6.07) is 13.3. The number of hydrogen-bond donors (Lipinski definition) is 1. The molecule has 6 nitrogen and oxygen atoms in total. The highest BCUT2D eigenvalue weighted by atomic mass is 32.2. The number of anilines is 1. The summed E-state index contributed by atoms with van der Waals surface area (Å²) in [5.74, 6) is 1.43. The van der Waals surface area contributed by atoms with Crippen LogP contribution in [-0.2, 0) is 11.3 Å². The van der Waals surface area contributed by atoms with Crippen molar-refractivity contribution in [3.8, 4) is 11.4 Å². The van der Waals surface area contributed by atoms with Gasteiger partial charge in [-0.3, -0.25) is 9.78 Å². The number of nitrogens with one attached hydrogen (secondary N) is 1. The van der Waals surface area contributed by atoms with Gasteiger partial charge in [0.2, 0.25) is 5.91 Å². The summed E-state index contributed by atoms with van der Waals surface area (Å²) < 4.78 is 2.04. The summed E-state index contributed by atoms with van der Waals surface area (Å²) in [6.07, 6.45) is 3.92. The molecular weight excluding hydrogens is 334 g/mol. The smallest absolute Gasteiger partial charge is 0.225 e. The second kappa shape index (κ2) is 8.43. The van der Waals surface area contributed by atoms with E-state index < -0.39 is 0 Å². The third-order valence-electron chi connectivity index (χ3n) is 3.57. The van der Waals surface area contributed by atoms with Crippen LogP contribution in [0.25, 0.3) is 11.4 Å². The summed E-state index contributed by atoms with van der Waals surface area (Å²) in [6.45, 7) is 2.81. The average Bonchev–Trinajstić information content (AvgIpc) is 3.06. The number of benzene rings is 1. The standard InChI is InChI=1S/C18H19N5OS/c1-2-23-17(14-7-6-11-19-13-14)21-22-18(23)25-12-10-16(24)20-15-8-4-3-5-9-15/h3-9,11,13H,2,10,12H2,1H3,(H,20,24). The monoisotopic (exact) mass is 353 g/mol. The first-order chi connectivity index (χ1) is 12.3. The lowest BCUT2D eigenvalue weighted by Gasteiger charge is -2.07. The minimum Gasteiger partial charge on any atom is -0.326 e.